The van der Waals surface area contributed by atoms with Gasteiger partial charge in [0.1, 0.15) is 17.4 Å². The number of hydrogen-bond acceptors (Lipinski definition) is 3. The molecule has 0 bridgehead atoms. The fourth-order valence-electron chi connectivity index (χ4n) is 4.96. The Morgan fingerprint density at radius 2 is 1.20 bits per heavy atom. The molecule has 1 N–H and O–H groups in total. The molecule has 0 spiro atoms. The van der Waals surface area contributed by atoms with Crippen molar-refractivity contribution >= 4 is 17.3 Å². The second-order valence-corrected chi connectivity index (χ2v) is 8.94. The van der Waals surface area contributed by atoms with E-state index < -0.39 is 5.97 Å². The summed E-state index contributed by atoms with van der Waals surface area (Å²) in [4.78, 5) is 13.5. The van der Waals surface area contributed by atoms with Crippen molar-refractivity contribution < 1.29 is 14.6 Å². The topological polar surface area (TPSA) is 46.5 Å². The summed E-state index contributed by atoms with van der Waals surface area (Å²) in [5.41, 5.74) is 7.89. The van der Waals surface area contributed by atoms with Crippen molar-refractivity contribution in [2.75, 3.05) is 0 Å². The Morgan fingerprint density at radius 1 is 0.767 bits per heavy atom. The van der Waals surface area contributed by atoms with E-state index in [4.69, 9.17) is 4.74 Å². The standard InChI is InChI=1S/C27H34O3/c1-16-12-18(3)23(19(4)13-16)25(27(29)30-22-10-8-7-9-11-22)26(28)24-20(5)14-17(2)15-21(24)6/h12-15,22,28H,7-11H2,1-6H3/b26-25+. The highest BCUT2D eigenvalue weighted by Gasteiger charge is 2.28. The Kier molecular flexibility index (Phi) is 6.70. The number of aliphatic hydroxyl groups is 1. The molecule has 0 unspecified atom stereocenters. The number of ether oxygens (including phenoxy) is 1. The lowest BCUT2D eigenvalue weighted by atomic mass is 9.89. The summed E-state index contributed by atoms with van der Waals surface area (Å²) in [6, 6.07) is 8.19. The van der Waals surface area contributed by atoms with Crippen LogP contribution in [0.15, 0.2) is 24.3 Å². The second kappa shape index (κ2) is 9.07. The highest BCUT2D eigenvalue weighted by molar-refractivity contribution is 6.24. The molecule has 0 heterocycles. The summed E-state index contributed by atoms with van der Waals surface area (Å²) in [7, 11) is 0. The predicted molar refractivity (Wildman–Crippen MR) is 124 cm³/mol. The van der Waals surface area contributed by atoms with Crippen molar-refractivity contribution in [1.82, 2.24) is 0 Å². The minimum atomic E-state index is -0.422. The Bertz CT molecular complexity index is 945. The zero-order valence-corrected chi connectivity index (χ0v) is 19.2. The molecule has 30 heavy (non-hydrogen) atoms. The Hall–Kier alpha value is -2.55. The number of carbonyl (C=O) groups is 1. The van der Waals surface area contributed by atoms with Gasteiger partial charge in [0.15, 0.2) is 0 Å². The van der Waals surface area contributed by atoms with Gasteiger partial charge in [-0.15, -0.1) is 0 Å². The largest absolute Gasteiger partial charge is 0.506 e. The lowest BCUT2D eigenvalue weighted by Gasteiger charge is -2.24. The van der Waals surface area contributed by atoms with Crippen molar-refractivity contribution in [1.29, 1.82) is 0 Å². The summed E-state index contributed by atoms with van der Waals surface area (Å²) in [5, 5.41) is 11.5. The van der Waals surface area contributed by atoms with E-state index in [-0.39, 0.29) is 17.4 Å². The molecule has 0 saturated heterocycles. The quantitative estimate of drug-likeness (QED) is 0.262. The molecule has 0 radical (unpaired) electrons. The first-order valence-electron chi connectivity index (χ1n) is 11.0. The van der Waals surface area contributed by atoms with Gasteiger partial charge in [0.2, 0.25) is 0 Å². The molecule has 0 aromatic heterocycles. The zero-order chi connectivity index (χ0) is 22.0. The molecule has 0 amide bonds. The molecule has 160 valence electrons. The lowest BCUT2D eigenvalue weighted by molar-refractivity contribution is -0.143. The van der Waals surface area contributed by atoms with Crippen LogP contribution in [0.4, 0.5) is 0 Å². The van der Waals surface area contributed by atoms with Crippen LogP contribution in [0.2, 0.25) is 0 Å². The van der Waals surface area contributed by atoms with Gasteiger partial charge in [-0.2, -0.15) is 0 Å². The van der Waals surface area contributed by atoms with Crippen LogP contribution in [0.3, 0.4) is 0 Å². The third-order valence-corrected chi connectivity index (χ3v) is 6.11. The Balaban J connectivity index is 2.19. The van der Waals surface area contributed by atoms with E-state index in [0.29, 0.717) is 0 Å². The van der Waals surface area contributed by atoms with E-state index in [1.54, 1.807) is 0 Å². The van der Waals surface area contributed by atoms with E-state index in [2.05, 4.69) is 12.1 Å². The number of benzene rings is 2. The fraction of sp³-hybridized carbons (Fsp3) is 0.444. The number of aryl methyl sites for hydroxylation is 6. The second-order valence-electron chi connectivity index (χ2n) is 8.94. The van der Waals surface area contributed by atoms with Gasteiger partial charge in [0, 0.05) is 5.56 Å². The molecule has 1 aliphatic rings. The number of rotatable bonds is 4. The number of hydrogen-bond donors (Lipinski definition) is 1. The van der Waals surface area contributed by atoms with Gasteiger partial charge < -0.3 is 9.84 Å². The summed E-state index contributed by atoms with van der Waals surface area (Å²) in [6.07, 6.45) is 5.09. The molecule has 0 atom stereocenters. The summed E-state index contributed by atoms with van der Waals surface area (Å²) in [6.45, 7) is 12.0. The molecular formula is C27H34O3. The highest BCUT2D eigenvalue weighted by Crippen LogP contribution is 2.35. The van der Waals surface area contributed by atoms with Gasteiger partial charge in [0.25, 0.3) is 0 Å². The summed E-state index contributed by atoms with van der Waals surface area (Å²) in [5.74, 6) is -0.408. The highest BCUT2D eigenvalue weighted by atomic mass is 16.5. The normalized spacial score (nSPS) is 15.7. The van der Waals surface area contributed by atoms with Crippen molar-refractivity contribution in [2.45, 2.75) is 79.8 Å². The molecule has 0 aliphatic heterocycles. The summed E-state index contributed by atoms with van der Waals surface area (Å²) >= 11 is 0. The average Bonchev–Trinajstić information content (AvgIpc) is 2.64. The maximum atomic E-state index is 13.5. The fourth-order valence-corrected chi connectivity index (χ4v) is 4.96. The number of esters is 1. The molecule has 2 aromatic carbocycles. The van der Waals surface area contributed by atoms with Gasteiger partial charge in [-0.3, -0.25) is 0 Å². The maximum Gasteiger partial charge on any atom is 0.342 e. The van der Waals surface area contributed by atoms with Crippen molar-refractivity contribution in [3.8, 4) is 0 Å². The number of carbonyl (C=O) groups excluding carboxylic acids is 1. The van der Waals surface area contributed by atoms with Gasteiger partial charge in [0.05, 0.1) is 0 Å². The first kappa shape index (κ1) is 22.1. The SMILES string of the molecule is Cc1cc(C)c(/C(O)=C(\C(=O)OC2CCCCC2)c2c(C)cc(C)cc2C)c(C)c1. The smallest absolute Gasteiger partial charge is 0.342 e. The molecule has 1 saturated carbocycles. The maximum absolute atomic E-state index is 13.5. The predicted octanol–water partition coefficient (Wildman–Crippen LogP) is 6.84. The van der Waals surface area contributed by atoms with E-state index in [1.807, 2.05) is 53.7 Å². The lowest BCUT2D eigenvalue weighted by Crippen LogP contribution is -2.23. The molecule has 1 fully saturated rings. The third kappa shape index (κ3) is 4.61. The summed E-state index contributed by atoms with van der Waals surface area (Å²) < 4.78 is 5.94. The van der Waals surface area contributed by atoms with Crippen LogP contribution in [-0.4, -0.2) is 17.2 Å². The van der Waals surface area contributed by atoms with Gasteiger partial charge in [-0.1, -0.05) is 41.8 Å². The monoisotopic (exact) mass is 406 g/mol. The Labute approximate surface area is 180 Å². The first-order valence-corrected chi connectivity index (χ1v) is 11.0. The minimum Gasteiger partial charge on any atom is -0.506 e. The first-order chi connectivity index (χ1) is 14.2. The van der Waals surface area contributed by atoms with Crippen LogP contribution in [0.25, 0.3) is 11.3 Å². The van der Waals surface area contributed by atoms with Crippen LogP contribution in [0.1, 0.15) is 76.6 Å². The van der Waals surface area contributed by atoms with Crippen LogP contribution >= 0.6 is 0 Å². The van der Waals surface area contributed by atoms with Crippen LogP contribution in [0, 0.1) is 41.5 Å². The van der Waals surface area contributed by atoms with E-state index in [9.17, 15) is 9.90 Å². The molecule has 3 heteroatoms. The Morgan fingerprint density at radius 3 is 1.67 bits per heavy atom. The van der Waals surface area contributed by atoms with Crippen molar-refractivity contribution in [3.05, 3.63) is 68.8 Å². The molecule has 3 nitrogen and oxygen atoms in total. The van der Waals surface area contributed by atoms with Crippen molar-refractivity contribution in [2.24, 2.45) is 0 Å². The molecular weight excluding hydrogens is 372 g/mol. The van der Waals surface area contributed by atoms with E-state index >= 15 is 0 Å². The number of aliphatic hydroxyl groups excluding tert-OH is 1. The van der Waals surface area contributed by atoms with E-state index in [1.165, 1.54) is 6.42 Å². The van der Waals surface area contributed by atoms with Gasteiger partial charge in [-0.25, -0.2) is 4.79 Å². The van der Waals surface area contributed by atoms with Crippen LogP contribution < -0.4 is 0 Å². The molecule has 3 rings (SSSR count). The minimum absolute atomic E-state index is 0.0147. The molecule has 1 aliphatic carbocycles. The van der Waals surface area contributed by atoms with Gasteiger partial charge in [-0.05, 0) is 95.0 Å². The third-order valence-electron chi connectivity index (χ3n) is 6.11. The zero-order valence-electron chi connectivity index (χ0n) is 19.2. The van der Waals surface area contributed by atoms with E-state index in [0.717, 1.165) is 70.2 Å². The van der Waals surface area contributed by atoms with Crippen molar-refractivity contribution in [3.63, 3.8) is 0 Å². The average molecular weight is 407 g/mol. The van der Waals surface area contributed by atoms with Crippen LogP contribution in [-0.2, 0) is 9.53 Å². The van der Waals surface area contributed by atoms with Gasteiger partial charge >= 0.3 is 5.97 Å². The van der Waals surface area contributed by atoms with Crippen LogP contribution in [0.5, 0.6) is 0 Å². The molecule has 2 aromatic rings.